The van der Waals surface area contributed by atoms with Gasteiger partial charge in [0.05, 0.1) is 27.7 Å². The predicted octanol–water partition coefficient (Wildman–Crippen LogP) is 2.06. The number of hydrogen-bond acceptors (Lipinski definition) is 1. The van der Waals surface area contributed by atoms with Gasteiger partial charge in [-0.15, -0.1) is 0 Å². The summed E-state index contributed by atoms with van der Waals surface area (Å²) >= 11 is 0. The summed E-state index contributed by atoms with van der Waals surface area (Å²) in [5, 5.41) is 0. The number of ether oxygens (including phenoxy) is 1. The lowest BCUT2D eigenvalue weighted by Gasteiger charge is -2.28. The maximum atomic E-state index is 5.71. The Hall–Kier alpha value is -0.340. The van der Waals surface area contributed by atoms with E-state index in [1.54, 1.807) is 0 Å². The quantitative estimate of drug-likeness (QED) is 0.456. The summed E-state index contributed by atoms with van der Waals surface area (Å²) in [5.74, 6) is 0. The number of nitrogens with zero attached hydrogens (tertiary/aromatic N) is 1. The van der Waals surface area contributed by atoms with Crippen LogP contribution in [0.25, 0.3) is 0 Å². The van der Waals surface area contributed by atoms with Gasteiger partial charge in [0.1, 0.15) is 12.6 Å². The van der Waals surface area contributed by atoms with Crippen LogP contribution < -0.4 is 0 Å². The molecular formula is C11H24NO+. The normalized spacial score (nSPS) is 14.2. The van der Waals surface area contributed by atoms with Crippen LogP contribution >= 0.6 is 0 Å². The van der Waals surface area contributed by atoms with Crippen LogP contribution in [0.1, 0.15) is 20.3 Å². The molecule has 0 aromatic rings. The first-order valence-corrected chi connectivity index (χ1v) is 4.91. The predicted molar refractivity (Wildman–Crippen MR) is 57.7 cm³/mol. The lowest BCUT2D eigenvalue weighted by Crippen LogP contribution is -2.42. The fourth-order valence-electron chi connectivity index (χ4n) is 1.17. The van der Waals surface area contributed by atoms with E-state index in [0.29, 0.717) is 12.7 Å². The zero-order valence-electron chi connectivity index (χ0n) is 9.76. The van der Waals surface area contributed by atoms with Crippen LogP contribution in [0, 0.1) is 0 Å². The van der Waals surface area contributed by atoms with E-state index in [4.69, 9.17) is 4.74 Å². The third-order valence-electron chi connectivity index (χ3n) is 1.77. The number of quaternary nitrogens is 1. The van der Waals surface area contributed by atoms with E-state index < -0.39 is 0 Å². The monoisotopic (exact) mass is 186 g/mol. The van der Waals surface area contributed by atoms with Crippen molar-refractivity contribution in [3.05, 3.63) is 12.2 Å². The van der Waals surface area contributed by atoms with Crippen molar-refractivity contribution in [1.82, 2.24) is 0 Å². The highest BCUT2D eigenvalue weighted by Crippen LogP contribution is 2.05. The van der Waals surface area contributed by atoms with Gasteiger partial charge in [0.25, 0.3) is 0 Å². The molecule has 13 heavy (non-hydrogen) atoms. The smallest absolute Gasteiger partial charge is 0.107 e. The van der Waals surface area contributed by atoms with Crippen LogP contribution in [0.5, 0.6) is 0 Å². The molecule has 2 heteroatoms. The number of rotatable bonds is 6. The molecule has 1 unspecified atom stereocenters. The molecule has 78 valence electrons. The largest absolute Gasteiger partial charge is 0.368 e. The van der Waals surface area contributed by atoms with E-state index >= 15 is 0 Å². The Kier molecular flexibility index (Phi) is 5.26. The third kappa shape index (κ3) is 8.00. The van der Waals surface area contributed by atoms with Gasteiger partial charge in [-0.05, 0) is 13.3 Å². The van der Waals surface area contributed by atoms with Gasteiger partial charge in [-0.1, -0.05) is 19.1 Å². The Morgan fingerprint density at radius 2 is 1.92 bits per heavy atom. The van der Waals surface area contributed by atoms with Crippen molar-refractivity contribution < 1.29 is 9.22 Å². The van der Waals surface area contributed by atoms with E-state index in [9.17, 15) is 0 Å². The number of hydrogen-bond donors (Lipinski definition) is 0. The van der Waals surface area contributed by atoms with Crippen molar-refractivity contribution in [3.8, 4) is 0 Å². The highest BCUT2D eigenvalue weighted by atomic mass is 16.5. The molecule has 0 aromatic carbocycles. The van der Waals surface area contributed by atoms with Crippen molar-refractivity contribution in [1.29, 1.82) is 0 Å². The van der Waals surface area contributed by atoms with Crippen LogP contribution in [0.3, 0.4) is 0 Å². The summed E-state index contributed by atoms with van der Waals surface area (Å²) in [5.41, 5.74) is 1.10. The molecule has 0 aliphatic rings. The Labute approximate surface area is 82.8 Å². The van der Waals surface area contributed by atoms with Gasteiger partial charge in [-0.2, -0.15) is 0 Å². The Morgan fingerprint density at radius 3 is 2.23 bits per heavy atom. The van der Waals surface area contributed by atoms with Crippen molar-refractivity contribution in [3.63, 3.8) is 0 Å². The first-order chi connectivity index (χ1) is 5.85. The fourth-order valence-corrected chi connectivity index (χ4v) is 1.17. The molecule has 0 rings (SSSR count). The maximum absolute atomic E-state index is 5.71. The minimum absolute atomic E-state index is 0.358. The Balaban J connectivity index is 3.83. The molecule has 0 amide bonds. The lowest BCUT2D eigenvalue weighted by molar-refractivity contribution is -0.873. The van der Waals surface area contributed by atoms with Gasteiger partial charge in [0.15, 0.2) is 0 Å². The maximum Gasteiger partial charge on any atom is 0.107 e. The second-order valence-electron chi connectivity index (χ2n) is 4.77. The van der Waals surface area contributed by atoms with E-state index in [1.165, 1.54) is 0 Å². The second kappa shape index (κ2) is 5.40. The summed E-state index contributed by atoms with van der Waals surface area (Å²) in [6, 6.07) is 0. The Bertz CT molecular complexity index is 158. The van der Waals surface area contributed by atoms with Gasteiger partial charge in [0.2, 0.25) is 0 Å². The lowest BCUT2D eigenvalue weighted by atomic mass is 10.2. The molecule has 0 heterocycles. The summed E-state index contributed by atoms with van der Waals surface area (Å²) in [7, 11) is 6.56. The van der Waals surface area contributed by atoms with Gasteiger partial charge < -0.3 is 9.22 Å². The molecule has 2 nitrogen and oxygen atoms in total. The van der Waals surface area contributed by atoms with Crippen LogP contribution in [-0.2, 0) is 4.74 Å². The molecule has 0 spiro atoms. The third-order valence-corrected chi connectivity index (χ3v) is 1.77. The van der Waals surface area contributed by atoms with Crippen molar-refractivity contribution in [2.24, 2.45) is 0 Å². The number of likely N-dealkylation sites (N-methyl/N-ethyl adjacent to an activating group) is 1. The van der Waals surface area contributed by atoms with Crippen molar-refractivity contribution >= 4 is 0 Å². The Morgan fingerprint density at radius 1 is 1.38 bits per heavy atom. The van der Waals surface area contributed by atoms with Gasteiger partial charge >= 0.3 is 0 Å². The molecule has 0 radical (unpaired) electrons. The molecule has 0 fully saturated rings. The van der Waals surface area contributed by atoms with Crippen LogP contribution in [0.2, 0.25) is 0 Å². The van der Waals surface area contributed by atoms with Crippen LogP contribution in [0.15, 0.2) is 12.2 Å². The zero-order chi connectivity index (χ0) is 10.5. The van der Waals surface area contributed by atoms with Gasteiger partial charge in [-0.3, -0.25) is 0 Å². The zero-order valence-corrected chi connectivity index (χ0v) is 9.76. The van der Waals surface area contributed by atoms with E-state index in [2.05, 4.69) is 34.6 Å². The van der Waals surface area contributed by atoms with Crippen LogP contribution in [-0.4, -0.2) is 44.9 Å². The van der Waals surface area contributed by atoms with Crippen LogP contribution in [0.4, 0.5) is 0 Å². The average molecular weight is 186 g/mol. The second-order valence-corrected chi connectivity index (χ2v) is 4.77. The standard InChI is InChI=1S/C11H24NO/c1-7-11(8-12(4,5)6)13-9-10(2)3/h11H,2,7-9H2,1,3-6H3/q+1. The summed E-state index contributed by atoms with van der Waals surface area (Å²) in [6.07, 6.45) is 1.43. The van der Waals surface area contributed by atoms with E-state index in [-0.39, 0.29) is 0 Å². The first kappa shape index (κ1) is 12.7. The fraction of sp³-hybridized carbons (Fsp3) is 0.818. The van der Waals surface area contributed by atoms with Gasteiger partial charge in [0, 0.05) is 0 Å². The molecular weight excluding hydrogens is 162 g/mol. The first-order valence-electron chi connectivity index (χ1n) is 4.91. The summed E-state index contributed by atoms with van der Waals surface area (Å²) in [6.45, 7) is 9.74. The molecule has 0 aliphatic carbocycles. The molecule has 0 N–H and O–H groups in total. The van der Waals surface area contributed by atoms with E-state index in [1.807, 2.05) is 6.92 Å². The SMILES string of the molecule is C=C(C)COC(CC)C[N+](C)(C)C. The summed E-state index contributed by atoms with van der Waals surface area (Å²) < 4.78 is 6.67. The summed E-state index contributed by atoms with van der Waals surface area (Å²) in [4.78, 5) is 0. The highest BCUT2D eigenvalue weighted by molar-refractivity contribution is 4.87. The molecule has 0 aromatic heterocycles. The van der Waals surface area contributed by atoms with E-state index in [0.717, 1.165) is 23.0 Å². The minimum atomic E-state index is 0.358. The molecule has 0 bridgehead atoms. The highest BCUT2D eigenvalue weighted by Gasteiger charge is 2.16. The molecule has 0 saturated carbocycles. The average Bonchev–Trinajstić information content (AvgIpc) is 1.95. The topological polar surface area (TPSA) is 9.23 Å². The molecule has 0 saturated heterocycles. The van der Waals surface area contributed by atoms with Gasteiger partial charge in [-0.25, -0.2) is 0 Å². The molecule has 0 aliphatic heterocycles. The molecule has 1 atom stereocenters. The minimum Gasteiger partial charge on any atom is -0.368 e. The van der Waals surface area contributed by atoms with Crippen molar-refractivity contribution in [2.75, 3.05) is 34.3 Å². The van der Waals surface area contributed by atoms with Crippen molar-refractivity contribution in [2.45, 2.75) is 26.4 Å².